The van der Waals surface area contributed by atoms with E-state index in [1.807, 2.05) is 4.90 Å². The number of hydrogen-bond donors (Lipinski definition) is 0. The number of carbonyl (C=O) groups is 1. The van der Waals surface area contributed by atoms with E-state index in [-0.39, 0.29) is 30.3 Å². The minimum atomic E-state index is -0.290. The first-order valence-corrected chi connectivity index (χ1v) is 5.88. The summed E-state index contributed by atoms with van der Waals surface area (Å²) in [6.07, 6.45) is 1.45. The fourth-order valence-electron chi connectivity index (χ4n) is 2.63. The fraction of sp³-hybridized carbons (Fsp3) is 0.462. The van der Waals surface area contributed by atoms with E-state index in [0.29, 0.717) is 13.2 Å². The normalized spacial score (nSPS) is 26.5. The Morgan fingerprint density at radius 3 is 3.06 bits per heavy atom. The molecule has 2 fully saturated rings. The lowest BCUT2D eigenvalue weighted by Gasteiger charge is -2.26. The Morgan fingerprint density at radius 1 is 1.53 bits per heavy atom. The van der Waals surface area contributed by atoms with E-state index in [0.717, 1.165) is 12.0 Å². The summed E-state index contributed by atoms with van der Waals surface area (Å²) < 4.78 is 18.4. The molecule has 3 rings (SSSR count). The van der Waals surface area contributed by atoms with E-state index in [9.17, 15) is 9.18 Å². The van der Waals surface area contributed by atoms with E-state index >= 15 is 0 Å². The van der Waals surface area contributed by atoms with Crippen LogP contribution in [-0.4, -0.2) is 36.1 Å². The van der Waals surface area contributed by atoms with Crippen molar-refractivity contribution in [2.24, 2.45) is 0 Å². The molecule has 17 heavy (non-hydrogen) atoms. The van der Waals surface area contributed by atoms with Crippen molar-refractivity contribution in [3.63, 3.8) is 0 Å². The molecule has 2 saturated heterocycles. The number of nitrogens with zero attached hydrogens (tertiary/aromatic N) is 1. The predicted octanol–water partition coefficient (Wildman–Crippen LogP) is 1.37. The Labute approximate surface area is 99.2 Å². The third kappa shape index (κ3) is 2.05. The van der Waals surface area contributed by atoms with Crippen molar-refractivity contribution in [2.45, 2.75) is 25.0 Å². The minimum absolute atomic E-state index is 0.0754. The number of hydrogen-bond acceptors (Lipinski definition) is 2. The van der Waals surface area contributed by atoms with Crippen LogP contribution in [0.15, 0.2) is 24.3 Å². The van der Waals surface area contributed by atoms with Gasteiger partial charge in [-0.15, -0.1) is 0 Å². The molecule has 0 aliphatic carbocycles. The molecule has 4 heteroatoms. The molecule has 90 valence electrons. The van der Waals surface area contributed by atoms with Crippen molar-refractivity contribution in [1.82, 2.24) is 4.90 Å². The SMILES string of the molecule is O=C(Cc1cccc(F)c1)N1CC2CC1CO2. The number of carbonyl (C=O) groups excluding carboxylic acids is 1. The molecule has 0 spiro atoms. The second kappa shape index (κ2) is 4.11. The number of morpholine rings is 1. The molecule has 2 unspecified atom stereocenters. The Bertz CT molecular complexity index is 449. The molecular formula is C13H14FNO2. The average molecular weight is 235 g/mol. The molecule has 0 aromatic heterocycles. The van der Waals surface area contributed by atoms with Gasteiger partial charge in [0.1, 0.15) is 5.82 Å². The standard InChI is InChI=1S/C13H14FNO2/c14-10-3-1-2-9(4-10)5-13(16)15-7-12-6-11(15)8-17-12/h1-4,11-12H,5-8H2. The number of fused-ring (bicyclic) bond motifs is 2. The molecule has 2 bridgehead atoms. The number of likely N-dealkylation sites (tertiary alicyclic amines) is 1. The van der Waals surface area contributed by atoms with Crippen LogP contribution in [0.5, 0.6) is 0 Å². The number of halogens is 1. The summed E-state index contributed by atoms with van der Waals surface area (Å²) in [5, 5.41) is 0. The Kier molecular flexibility index (Phi) is 2.59. The average Bonchev–Trinajstić information content (AvgIpc) is 2.90. The molecule has 1 aromatic carbocycles. The van der Waals surface area contributed by atoms with Gasteiger partial charge in [-0.25, -0.2) is 4.39 Å². The lowest BCUT2D eigenvalue weighted by Crippen LogP contribution is -2.42. The summed E-state index contributed by atoms with van der Waals surface area (Å²) in [7, 11) is 0. The number of rotatable bonds is 2. The van der Waals surface area contributed by atoms with Gasteiger partial charge in [0.25, 0.3) is 0 Å². The van der Waals surface area contributed by atoms with Gasteiger partial charge < -0.3 is 9.64 Å². The molecule has 1 amide bonds. The highest BCUT2D eigenvalue weighted by Gasteiger charge is 2.41. The first-order valence-electron chi connectivity index (χ1n) is 5.88. The van der Waals surface area contributed by atoms with Crippen molar-refractivity contribution in [1.29, 1.82) is 0 Å². The zero-order valence-electron chi connectivity index (χ0n) is 9.43. The number of ether oxygens (including phenoxy) is 1. The highest BCUT2D eigenvalue weighted by molar-refractivity contribution is 5.79. The molecule has 3 nitrogen and oxygen atoms in total. The topological polar surface area (TPSA) is 29.5 Å². The van der Waals surface area contributed by atoms with E-state index < -0.39 is 0 Å². The van der Waals surface area contributed by atoms with Gasteiger partial charge >= 0.3 is 0 Å². The van der Waals surface area contributed by atoms with E-state index in [1.165, 1.54) is 12.1 Å². The Balaban J connectivity index is 1.68. The molecule has 0 N–H and O–H groups in total. The second-order valence-electron chi connectivity index (χ2n) is 4.70. The maximum atomic E-state index is 13.0. The van der Waals surface area contributed by atoms with Gasteiger partial charge in [-0.3, -0.25) is 4.79 Å². The van der Waals surface area contributed by atoms with Crippen LogP contribution in [0.25, 0.3) is 0 Å². The van der Waals surface area contributed by atoms with Gasteiger partial charge in [0, 0.05) is 6.54 Å². The van der Waals surface area contributed by atoms with Crippen LogP contribution in [-0.2, 0) is 16.0 Å². The van der Waals surface area contributed by atoms with Gasteiger partial charge in [-0.1, -0.05) is 12.1 Å². The third-order valence-corrected chi connectivity index (χ3v) is 3.47. The molecule has 2 aliphatic heterocycles. The van der Waals surface area contributed by atoms with E-state index in [4.69, 9.17) is 4.74 Å². The molecule has 2 atom stereocenters. The molecule has 2 aliphatic rings. The summed E-state index contributed by atoms with van der Waals surface area (Å²) in [5.41, 5.74) is 0.735. The van der Waals surface area contributed by atoms with Gasteiger partial charge in [-0.2, -0.15) is 0 Å². The highest BCUT2D eigenvalue weighted by atomic mass is 19.1. The lowest BCUT2D eigenvalue weighted by molar-refractivity contribution is -0.134. The quantitative estimate of drug-likeness (QED) is 0.774. The summed E-state index contributed by atoms with van der Waals surface area (Å²) in [4.78, 5) is 13.9. The highest BCUT2D eigenvalue weighted by Crippen LogP contribution is 2.28. The van der Waals surface area contributed by atoms with Gasteiger partial charge in [0.05, 0.1) is 25.2 Å². The van der Waals surface area contributed by atoms with Crippen LogP contribution in [0.4, 0.5) is 4.39 Å². The largest absolute Gasteiger partial charge is 0.374 e. The Hall–Kier alpha value is -1.42. The van der Waals surface area contributed by atoms with Gasteiger partial charge in [0.2, 0.25) is 5.91 Å². The number of amides is 1. The van der Waals surface area contributed by atoms with Crippen molar-refractivity contribution in [2.75, 3.05) is 13.2 Å². The molecule has 0 saturated carbocycles. The van der Waals surface area contributed by atoms with Crippen LogP contribution < -0.4 is 0 Å². The van der Waals surface area contributed by atoms with Crippen molar-refractivity contribution in [3.05, 3.63) is 35.6 Å². The second-order valence-corrected chi connectivity index (χ2v) is 4.70. The molecule has 2 heterocycles. The molecule has 0 radical (unpaired) electrons. The van der Waals surface area contributed by atoms with Crippen molar-refractivity contribution < 1.29 is 13.9 Å². The monoisotopic (exact) mass is 235 g/mol. The maximum absolute atomic E-state index is 13.0. The third-order valence-electron chi connectivity index (χ3n) is 3.47. The minimum Gasteiger partial charge on any atom is -0.374 e. The smallest absolute Gasteiger partial charge is 0.227 e. The van der Waals surface area contributed by atoms with Gasteiger partial charge in [-0.05, 0) is 24.1 Å². The van der Waals surface area contributed by atoms with Crippen molar-refractivity contribution in [3.8, 4) is 0 Å². The van der Waals surface area contributed by atoms with Crippen LogP contribution in [0.1, 0.15) is 12.0 Å². The summed E-state index contributed by atoms with van der Waals surface area (Å²) in [5.74, 6) is -0.215. The zero-order valence-corrected chi connectivity index (χ0v) is 9.43. The summed E-state index contributed by atoms with van der Waals surface area (Å²) >= 11 is 0. The summed E-state index contributed by atoms with van der Waals surface area (Å²) in [6.45, 7) is 1.35. The number of benzene rings is 1. The van der Waals surface area contributed by atoms with Crippen LogP contribution >= 0.6 is 0 Å². The lowest BCUT2D eigenvalue weighted by atomic mass is 10.1. The first-order chi connectivity index (χ1) is 8.22. The van der Waals surface area contributed by atoms with Crippen LogP contribution in [0, 0.1) is 5.82 Å². The summed E-state index contributed by atoms with van der Waals surface area (Å²) in [6, 6.07) is 6.46. The molecule has 1 aromatic rings. The van der Waals surface area contributed by atoms with Crippen LogP contribution in [0.2, 0.25) is 0 Å². The Morgan fingerprint density at radius 2 is 2.41 bits per heavy atom. The first kappa shape index (κ1) is 10.7. The zero-order chi connectivity index (χ0) is 11.8. The van der Waals surface area contributed by atoms with E-state index in [2.05, 4.69) is 0 Å². The molecular weight excluding hydrogens is 221 g/mol. The maximum Gasteiger partial charge on any atom is 0.227 e. The fourth-order valence-corrected chi connectivity index (χ4v) is 2.63. The predicted molar refractivity (Wildman–Crippen MR) is 60.0 cm³/mol. The van der Waals surface area contributed by atoms with Gasteiger partial charge in [0.15, 0.2) is 0 Å². The van der Waals surface area contributed by atoms with Crippen molar-refractivity contribution >= 4 is 5.91 Å². The van der Waals surface area contributed by atoms with Crippen LogP contribution in [0.3, 0.4) is 0 Å². The van der Waals surface area contributed by atoms with E-state index in [1.54, 1.807) is 12.1 Å².